The van der Waals surface area contributed by atoms with Gasteiger partial charge in [-0.05, 0) is 60.6 Å². The van der Waals surface area contributed by atoms with Crippen molar-refractivity contribution in [2.45, 2.75) is 13.0 Å². The van der Waals surface area contributed by atoms with Crippen LogP contribution in [0.3, 0.4) is 0 Å². The van der Waals surface area contributed by atoms with Crippen LogP contribution in [0.25, 0.3) is 16.5 Å². The van der Waals surface area contributed by atoms with E-state index in [1.54, 1.807) is 22.3 Å². The zero-order chi connectivity index (χ0) is 17.7. The van der Waals surface area contributed by atoms with Crippen molar-refractivity contribution >= 4 is 46.6 Å². The highest BCUT2D eigenvalue weighted by atomic mass is 32.1. The minimum atomic E-state index is -0.215. The lowest BCUT2D eigenvalue weighted by Gasteiger charge is -2.15. The first-order valence-electron chi connectivity index (χ1n) is 7.79. The van der Waals surface area contributed by atoms with Crippen LogP contribution < -0.4 is 10.6 Å². The molecule has 2 amide bonds. The Hall–Kier alpha value is -2.51. The molecule has 2 N–H and O–H groups in total. The molecule has 1 saturated heterocycles. The van der Waals surface area contributed by atoms with E-state index in [0.717, 1.165) is 26.4 Å². The fourth-order valence-electron chi connectivity index (χ4n) is 3.04. The molecule has 0 saturated carbocycles. The fourth-order valence-corrected chi connectivity index (χ4v) is 4.19. The van der Waals surface area contributed by atoms with Crippen LogP contribution in [0, 0.1) is 0 Å². The first-order valence-corrected chi connectivity index (χ1v) is 9.02. The Morgan fingerprint density at radius 2 is 2.00 bits per heavy atom. The number of fused-ring (bicyclic) bond motifs is 1. The number of nitrogens with one attached hydrogen (secondary N) is 2. The third-order valence-electron chi connectivity index (χ3n) is 4.55. The third-order valence-corrected chi connectivity index (χ3v) is 5.84. The molecule has 1 aromatic carbocycles. The average Bonchev–Trinajstić information content (AvgIpc) is 3.24. The Labute approximate surface area is 154 Å². The summed E-state index contributed by atoms with van der Waals surface area (Å²) >= 11 is 6.52. The van der Waals surface area contributed by atoms with Crippen molar-refractivity contribution in [3.05, 3.63) is 52.0 Å². The number of thiophene rings is 1. The van der Waals surface area contributed by atoms with E-state index in [4.69, 9.17) is 12.2 Å². The predicted molar refractivity (Wildman–Crippen MR) is 102 cm³/mol. The smallest absolute Gasteiger partial charge is 0.273 e. The zero-order valence-corrected chi connectivity index (χ0v) is 15.3. The number of carbonyl (C=O) groups is 2. The molecule has 1 atom stereocenters. The molecule has 1 aromatic heterocycles. The number of carbonyl (C=O) groups excluding carboxylic acids is 2. The van der Waals surface area contributed by atoms with Crippen molar-refractivity contribution in [1.82, 2.24) is 15.5 Å². The summed E-state index contributed by atoms with van der Waals surface area (Å²) in [6.07, 6.45) is 1.79. The monoisotopic (exact) mass is 369 g/mol. The standard InChI is InChI=1S/C18H15N3O2S2/c1-9-13-7-10(3-5-12(13)17(23)21(9)2)15-6-4-11(25-15)8-14-16(22)20-18(24)19-14/h3-9H,1-2H3,(H2,19,20,22,24)/b14-8+. The number of amides is 2. The van der Waals surface area contributed by atoms with Gasteiger partial charge in [-0.3, -0.25) is 14.9 Å². The largest absolute Gasteiger partial charge is 0.335 e. The van der Waals surface area contributed by atoms with Crippen molar-refractivity contribution in [1.29, 1.82) is 0 Å². The molecule has 1 unspecified atom stereocenters. The van der Waals surface area contributed by atoms with Crippen LogP contribution in [0.2, 0.25) is 0 Å². The summed E-state index contributed by atoms with van der Waals surface area (Å²) in [5.74, 6) is -0.146. The van der Waals surface area contributed by atoms with E-state index in [9.17, 15) is 9.59 Å². The number of hydrogen-bond donors (Lipinski definition) is 2. The maximum Gasteiger partial charge on any atom is 0.273 e. The van der Waals surface area contributed by atoms with Gasteiger partial charge in [0.1, 0.15) is 5.70 Å². The third kappa shape index (κ3) is 2.65. The Balaban J connectivity index is 1.66. The molecule has 0 aliphatic carbocycles. The molecule has 0 bridgehead atoms. The van der Waals surface area contributed by atoms with Gasteiger partial charge in [0, 0.05) is 22.4 Å². The van der Waals surface area contributed by atoms with Crippen molar-refractivity contribution in [3.8, 4) is 10.4 Å². The predicted octanol–water partition coefficient (Wildman–Crippen LogP) is 2.91. The van der Waals surface area contributed by atoms with Crippen LogP contribution in [-0.4, -0.2) is 28.9 Å². The highest BCUT2D eigenvalue weighted by Crippen LogP contribution is 2.37. The van der Waals surface area contributed by atoms with Crippen molar-refractivity contribution in [2.75, 3.05) is 7.05 Å². The normalized spacial score (nSPS) is 20.9. The molecule has 2 aromatic rings. The lowest BCUT2D eigenvalue weighted by atomic mass is 10.0. The number of benzene rings is 1. The van der Waals surface area contributed by atoms with E-state index < -0.39 is 0 Å². The van der Waals surface area contributed by atoms with E-state index in [0.29, 0.717) is 10.8 Å². The summed E-state index contributed by atoms with van der Waals surface area (Å²) in [5.41, 5.74) is 3.36. The van der Waals surface area contributed by atoms with Crippen LogP contribution >= 0.6 is 23.6 Å². The average molecular weight is 369 g/mol. The molecule has 126 valence electrons. The maximum atomic E-state index is 12.2. The summed E-state index contributed by atoms with van der Waals surface area (Å²) in [4.78, 5) is 27.7. The quantitative estimate of drug-likeness (QED) is 0.631. The van der Waals surface area contributed by atoms with Gasteiger partial charge in [-0.1, -0.05) is 6.07 Å². The molecule has 25 heavy (non-hydrogen) atoms. The fraction of sp³-hybridized carbons (Fsp3) is 0.167. The highest BCUT2D eigenvalue weighted by Gasteiger charge is 2.31. The second-order valence-corrected chi connectivity index (χ2v) is 7.59. The van der Waals surface area contributed by atoms with E-state index in [2.05, 4.69) is 16.7 Å². The van der Waals surface area contributed by atoms with Crippen molar-refractivity contribution in [3.63, 3.8) is 0 Å². The van der Waals surface area contributed by atoms with Gasteiger partial charge in [-0.15, -0.1) is 11.3 Å². The summed E-state index contributed by atoms with van der Waals surface area (Å²) in [5, 5.41) is 5.72. The van der Waals surface area contributed by atoms with E-state index in [1.807, 2.05) is 38.2 Å². The summed E-state index contributed by atoms with van der Waals surface area (Å²) < 4.78 is 0. The summed E-state index contributed by atoms with van der Waals surface area (Å²) in [6, 6.07) is 10.0. The zero-order valence-electron chi connectivity index (χ0n) is 13.6. The molecule has 0 spiro atoms. The van der Waals surface area contributed by atoms with Gasteiger partial charge in [-0.25, -0.2) is 0 Å². The summed E-state index contributed by atoms with van der Waals surface area (Å²) in [6.45, 7) is 2.03. The molecule has 7 heteroatoms. The second kappa shape index (κ2) is 5.79. The minimum Gasteiger partial charge on any atom is -0.335 e. The first-order chi connectivity index (χ1) is 11.9. The molecule has 1 fully saturated rings. The molecule has 2 aliphatic heterocycles. The second-order valence-electron chi connectivity index (χ2n) is 6.06. The molecular weight excluding hydrogens is 354 g/mol. The lowest BCUT2D eigenvalue weighted by Crippen LogP contribution is -2.21. The Morgan fingerprint density at radius 1 is 1.20 bits per heavy atom. The Bertz CT molecular complexity index is 961. The lowest BCUT2D eigenvalue weighted by molar-refractivity contribution is -0.115. The Morgan fingerprint density at radius 3 is 2.72 bits per heavy atom. The minimum absolute atomic E-state index is 0.0694. The van der Waals surface area contributed by atoms with Gasteiger partial charge in [0.05, 0.1) is 6.04 Å². The molecule has 2 aliphatic rings. The van der Waals surface area contributed by atoms with Gasteiger partial charge in [0.15, 0.2) is 5.11 Å². The highest BCUT2D eigenvalue weighted by molar-refractivity contribution is 7.80. The maximum absolute atomic E-state index is 12.2. The van der Waals surface area contributed by atoms with Crippen LogP contribution in [0.5, 0.6) is 0 Å². The van der Waals surface area contributed by atoms with Gasteiger partial charge >= 0.3 is 0 Å². The van der Waals surface area contributed by atoms with E-state index in [-0.39, 0.29) is 17.9 Å². The van der Waals surface area contributed by atoms with E-state index >= 15 is 0 Å². The molecule has 3 heterocycles. The van der Waals surface area contributed by atoms with Crippen LogP contribution in [0.4, 0.5) is 0 Å². The SMILES string of the molecule is CC1c2cc(-c3ccc(/C=C4/NC(=S)NC4=O)s3)ccc2C(=O)N1C. The molecule has 0 radical (unpaired) electrons. The number of thiocarbonyl (C=S) groups is 1. The topological polar surface area (TPSA) is 61.4 Å². The van der Waals surface area contributed by atoms with Gasteiger partial charge in [-0.2, -0.15) is 0 Å². The van der Waals surface area contributed by atoms with Crippen LogP contribution in [0.1, 0.15) is 33.8 Å². The Kier molecular flexibility index (Phi) is 3.70. The van der Waals surface area contributed by atoms with Gasteiger partial charge < -0.3 is 10.2 Å². The number of rotatable bonds is 2. The molecular formula is C18H15N3O2S2. The number of hydrogen-bond acceptors (Lipinski definition) is 4. The van der Waals surface area contributed by atoms with Crippen LogP contribution in [-0.2, 0) is 4.79 Å². The van der Waals surface area contributed by atoms with Crippen LogP contribution in [0.15, 0.2) is 36.0 Å². The van der Waals surface area contributed by atoms with E-state index in [1.165, 1.54) is 0 Å². The first kappa shape index (κ1) is 16.0. The van der Waals surface area contributed by atoms with Gasteiger partial charge in [0.2, 0.25) is 0 Å². The summed E-state index contributed by atoms with van der Waals surface area (Å²) in [7, 11) is 1.83. The molecule has 4 rings (SSSR count). The number of nitrogens with zero attached hydrogens (tertiary/aromatic N) is 1. The van der Waals surface area contributed by atoms with Crippen molar-refractivity contribution in [2.24, 2.45) is 0 Å². The van der Waals surface area contributed by atoms with Crippen molar-refractivity contribution < 1.29 is 9.59 Å². The molecule has 5 nitrogen and oxygen atoms in total. The van der Waals surface area contributed by atoms with Gasteiger partial charge in [0.25, 0.3) is 11.8 Å².